The lowest BCUT2D eigenvalue weighted by Gasteiger charge is -2.26. The van der Waals surface area contributed by atoms with Gasteiger partial charge in [-0.05, 0) is 12.1 Å². The van der Waals surface area contributed by atoms with Gasteiger partial charge in [-0.25, -0.2) is 10.4 Å². The normalized spacial score (nSPS) is 14.6. The number of carbonyl (C=O) groups is 1. The lowest BCUT2D eigenvalue weighted by Crippen LogP contribution is -2.35. The van der Waals surface area contributed by atoms with E-state index in [2.05, 4.69) is 20.4 Å². The minimum Gasteiger partial charge on any atom is -0.440 e. The Morgan fingerprint density at radius 2 is 2.12 bits per heavy atom. The van der Waals surface area contributed by atoms with E-state index in [0.29, 0.717) is 24.9 Å². The summed E-state index contributed by atoms with van der Waals surface area (Å²) in [5, 5.41) is 14.3. The van der Waals surface area contributed by atoms with Crippen LogP contribution in [0.5, 0.6) is 0 Å². The number of furan rings is 1. The topological polar surface area (TPSA) is 123 Å². The number of nitro groups is 1. The molecule has 1 saturated heterocycles. The van der Waals surface area contributed by atoms with E-state index in [1.54, 1.807) is 6.07 Å². The maximum absolute atomic E-state index is 11.9. The molecule has 1 amide bonds. The molecule has 0 spiro atoms. The molecule has 2 aromatic rings. The molecule has 10 nitrogen and oxygen atoms in total. The Kier molecular flexibility index (Phi) is 5.00. The first-order valence-electron chi connectivity index (χ1n) is 7.50. The number of hydrogen-bond acceptors (Lipinski definition) is 8. The third kappa shape index (κ3) is 4.18. The highest BCUT2D eigenvalue weighted by Crippen LogP contribution is 2.18. The number of anilines is 1. The fourth-order valence-electron chi connectivity index (χ4n) is 2.21. The number of carbonyl (C=O) groups excluding carboxylic acids is 1. The van der Waals surface area contributed by atoms with Crippen molar-refractivity contribution in [3.05, 3.63) is 52.0 Å². The van der Waals surface area contributed by atoms with Gasteiger partial charge in [-0.2, -0.15) is 5.10 Å². The molecule has 1 N–H and O–H groups in total. The standard InChI is InChI=1S/C15H15N5O5/c21-15(13-3-1-11(9-16-13)20(22)23)18-17-10-12-2-4-14(25-12)19-5-7-24-8-6-19/h1-4,9-10H,5-8H2,(H,18,21). The highest BCUT2D eigenvalue weighted by Gasteiger charge is 2.14. The molecule has 3 heterocycles. The van der Waals surface area contributed by atoms with Gasteiger partial charge in [-0.1, -0.05) is 0 Å². The molecule has 0 aromatic carbocycles. The number of hydrogen-bond donors (Lipinski definition) is 1. The lowest BCUT2D eigenvalue weighted by molar-refractivity contribution is -0.385. The molecule has 25 heavy (non-hydrogen) atoms. The van der Waals surface area contributed by atoms with Gasteiger partial charge < -0.3 is 14.1 Å². The molecule has 1 aliphatic rings. The third-order valence-electron chi connectivity index (χ3n) is 3.48. The Hall–Kier alpha value is -3.27. The van der Waals surface area contributed by atoms with Crippen LogP contribution in [-0.4, -0.2) is 48.3 Å². The molecule has 10 heteroatoms. The van der Waals surface area contributed by atoms with Crippen LogP contribution in [0.4, 0.5) is 11.6 Å². The number of aromatic nitrogens is 1. The van der Waals surface area contributed by atoms with Gasteiger partial charge >= 0.3 is 0 Å². The van der Waals surface area contributed by atoms with Crippen LogP contribution in [0.1, 0.15) is 16.2 Å². The molecule has 0 unspecified atom stereocenters. The van der Waals surface area contributed by atoms with Crippen LogP contribution in [0.15, 0.2) is 40.0 Å². The number of pyridine rings is 1. The second kappa shape index (κ2) is 7.53. The Balaban J connectivity index is 1.56. The van der Waals surface area contributed by atoms with Crippen molar-refractivity contribution in [2.45, 2.75) is 0 Å². The maximum Gasteiger partial charge on any atom is 0.289 e. The van der Waals surface area contributed by atoms with E-state index in [-0.39, 0.29) is 11.4 Å². The molecule has 0 saturated carbocycles. The van der Waals surface area contributed by atoms with Crippen LogP contribution < -0.4 is 10.3 Å². The molecule has 0 radical (unpaired) electrons. The van der Waals surface area contributed by atoms with Gasteiger partial charge in [0.15, 0.2) is 5.88 Å². The largest absolute Gasteiger partial charge is 0.440 e. The van der Waals surface area contributed by atoms with Crippen molar-refractivity contribution in [2.75, 3.05) is 31.2 Å². The third-order valence-corrected chi connectivity index (χ3v) is 3.48. The van der Waals surface area contributed by atoms with Gasteiger partial charge in [0.2, 0.25) is 0 Å². The van der Waals surface area contributed by atoms with E-state index in [1.165, 1.54) is 18.3 Å². The van der Waals surface area contributed by atoms with Gasteiger partial charge in [0.25, 0.3) is 11.6 Å². The molecule has 130 valence electrons. The summed E-state index contributed by atoms with van der Waals surface area (Å²) in [4.78, 5) is 27.6. The Labute approximate surface area is 142 Å². The van der Waals surface area contributed by atoms with Crippen LogP contribution in [0.2, 0.25) is 0 Å². The lowest BCUT2D eigenvalue weighted by atomic mass is 10.3. The highest BCUT2D eigenvalue weighted by molar-refractivity contribution is 5.93. The van der Waals surface area contributed by atoms with E-state index in [9.17, 15) is 14.9 Å². The second-order valence-electron chi connectivity index (χ2n) is 5.13. The average Bonchev–Trinajstić information content (AvgIpc) is 3.11. The predicted octanol–water partition coefficient (Wildman–Crippen LogP) is 1.18. The fourth-order valence-corrected chi connectivity index (χ4v) is 2.21. The van der Waals surface area contributed by atoms with E-state index < -0.39 is 10.8 Å². The van der Waals surface area contributed by atoms with Crippen LogP contribution in [0.25, 0.3) is 0 Å². The van der Waals surface area contributed by atoms with Gasteiger partial charge in [0.1, 0.15) is 17.7 Å². The Morgan fingerprint density at radius 3 is 2.80 bits per heavy atom. The van der Waals surface area contributed by atoms with E-state index in [1.807, 2.05) is 6.07 Å². The van der Waals surface area contributed by atoms with Crippen LogP contribution in [0.3, 0.4) is 0 Å². The zero-order valence-electron chi connectivity index (χ0n) is 13.1. The molecule has 3 rings (SSSR count). The molecule has 0 bridgehead atoms. The number of nitrogens with zero attached hydrogens (tertiary/aromatic N) is 4. The number of hydrazone groups is 1. The van der Waals surface area contributed by atoms with Crippen molar-refractivity contribution in [2.24, 2.45) is 5.10 Å². The van der Waals surface area contributed by atoms with E-state index in [0.717, 1.165) is 19.3 Å². The summed E-state index contributed by atoms with van der Waals surface area (Å²) >= 11 is 0. The summed E-state index contributed by atoms with van der Waals surface area (Å²) in [6, 6.07) is 6.02. The van der Waals surface area contributed by atoms with Gasteiger partial charge in [-0.15, -0.1) is 0 Å². The van der Waals surface area contributed by atoms with Crippen molar-refractivity contribution >= 4 is 23.7 Å². The number of ether oxygens (including phenoxy) is 1. The van der Waals surface area contributed by atoms with Crippen molar-refractivity contribution in [3.63, 3.8) is 0 Å². The van der Waals surface area contributed by atoms with E-state index in [4.69, 9.17) is 9.15 Å². The van der Waals surface area contributed by atoms with Crippen LogP contribution in [-0.2, 0) is 4.74 Å². The molecule has 1 aliphatic heterocycles. The number of morpholine rings is 1. The minimum absolute atomic E-state index is 0.0243. The van der Waals surface area contributed by atoms with Crippen LogP contribution in [0, 0.1) is 10.1 Å². The summed E-state index contributed by atoms with van der Waals surface area (Å²) < 4.78 is 10.9. The van der Waals surface area contributed by atoms with Crippen molar-refractivity contribution in [1.29, 1.82) is 0 Å². The highest BCUT2D eigenvalue weighted by atomic mass is 16.6. The molecular weight excluding hydrogens is 330 g/mol. The van der Waals surface area contributed by atoms with Crippen molar-refractivity contribution < 1.29 is 18.9 Å². The molecule has 0 aliphatic carbocycles. The van der Waals surface area contributed by atoms with Gasteiger partial charge in [-0.3, -0.25) is 14.9 Å². The Bertz CT molecular complexity index is 780. The zero-order chi connectivity index (χ0) is 17.6. The Morgan fingerprint density at radius 1 is 1.32 bits per heavy atom. The predicted molar refractivity (Wildman–Crippen MR) is 87.7 cm³/mol. The fraction of sp³-hybridized carbons (Fsp3) is 0.267. The first-order valence-corrected chi connectivity index (χ1v) is 7.50. The summed E-state index contributed by atoms with van der Waals surface area (Å²) in [7, 11) is 0. The zero-order valence-corrected chi connectivity index (χ0v) is 13.1. The molecule has 1 fully saturated rings. The average molecular weight is 345 g/mol. The number of nitrogens with one attached hydrogen (secondary N) is 1. The van der Waals surface area contributed by atoms with Gasteiger partial charge in [0.05, 0.1) is 24.4 Å². The summed E-state index contributed by atoms with van der Waals surface area (Å²) in [5.74, 6) is 0.623. The molecular formula is C15H15N5O5. The summed E-state index contributed by atoms with van der Waals surface area (Å²) in [5.41, 5.74) is 2.13. The molecule has 0 atom stereocenters. The first-order chi connectivity index (χ1) is 12.1. The number of amides is 1. The molecule has 2 aromatic heterocycles. The van der Waals surface area contributed by atoms with Crippen molar-refractivity contribution in [1.82, 2.24) is 10.4 Å². The first kappa shape index (κ1) is 16.6. The smallest absolute Gasteiger partial charge is 0.289 e. The summed E-state index contributed by atoms with van der Waals surface area (Å²) in [6.45, 7) is 2.82. The SMILES string of the molecule is O=C(NN=Cc1ccc(N2CCOCC2)o1)c1ccc([N+](=O)[O-])cn1. The van der Waals surface area contributed by atoms with Crippen LogP contribution >= 0.6 is 0 Å². The second-order valence-corrected chi connectivity index (χ2v) is 5.13. The van der Waals surface area contributed by atoms with E-state index >= 15 is 0 Å². The minimum atomic E-state index is -0.588. The number of rotatable bonds is 5. The monoisotopic (exact) mass is 345 g/mol. The van der Waals surface area contributed by atoms with Crippen molar-refractivity contribution in [3.8, 4) is 0 Å². The maximum atomic E-state index is 11.9. The summed E-state index contributed by atoms with van der Waals surface area (Å²) in [6.07, 6.45) is 2.38. The van der Waals surface area contributed by atoms with Gasteiger partial charge in [0, 0.05) is 25.2 Å². The quantitative estimate of drug-likeness (QED) is 0.490.